The van der Waals surface area contributed by atoms with Crippen LogP contribution in [-0.2, 0) is 11.3 Å². The van der Waals surface area contributed by atoms with Crippen molar-refractivity contribution in [1.82, 2.24) is 20.1 Å². The number of rotatable bonds is 7. The van der Waals surface area contributed by atoms with Gasteiger partial charge in [0, 0.05) is 0 Å². The number of nitrogens with one attached hydrogen (secondary N) is 2. The number of carbonyl (C=O) groups excluding carboxylic acids is 1. The summed E-state index contributed by atoms with van der Waals surface area (Å²) in [6.45, 7) is 4.45. The zero-order valence-corrected chi connectivity index (χ0v) is 16.4. The van der Waals surface area contributed by atoms with Crippen molar-refractivity contribution in [3.05, 3.63) is 58.2 Å². The summed E-state index contributed by atoms with van der Waals surface area (Å²) in [4.78, 5) is 13.7. The van der Waals surface area contributed by atoms with E-state index in [-0.39, 0.29) is 18.5 Å². The second-order valence-corrected chi connectivity index (χ2v) is 7.91. The molecule has 5 nitrogen and oxygen atoms in total. The van der Waals surface area contributed by atoms with E-state index >= 15 is 0 Å². The fraction of sp³-hybridized carbons (Fsp3) is 0.316. The number of aromatic nitrogens is 3. The van der Waals surface area contributed by atoms with Gasteiger partial charge in [0.15, 0.2) is 10.6 Å². The molecule has 7 heteroatoms. The van der Waals surface area contributed by atoms with Gasteiger partial charge in [0.1, 0.15) is 6.54 Å². The van der Waals surface area contributed by atoms with Crippen LogP contribution in [0.25, 0.3) is 10.7 Å². The molecule has 2 aromatic heterocycles. The van der Waals surface area contributed by atoms with Gasteiger partial charge in [-0.05, 0) is 41.6 Å². The Balaban J connectivity index is 1.77. The minimum atomic E-state index is -0.0743. The third kappa shape index (κ3) is 4.47. The molecule has 3 aromatic rings. The highest BCUT2D eigenvalue weighted by atomic mass is 32.1. The van der Waals surface area contributed by atoms with Crippen LogP contribution in [0, 0.1) is 10.7 Å². The average molecular weight is 387 g/mol. The highest BCUT2D eigenvalue weighted by Gasteiger charge is 2.18. The molecule has 0 radical (unpaired) electrons. The van der Waals surface area contributed by atoms with Crippen LogP contribution >= 0.6 is 23.6 Å². The van der Waals surface area contributed by atoms with Crippen LogP contribution in [0.2, 0.25) is 0 Å². The Kier molecular flexibility index (Phi) is 6.00. The summed E-state index contributed by atoms with van der Waals surface area (Å²) in [5.74, 6) is 1.09. The normalized spacial score (nSPS) is 12.3. The van der Waals surface area contributed by atoms with Crippen LogP contribution in [-0.4, -0.2) is 20.7 Å². The van der Waals surface area contributed by atoms with E-state index in [1.807, 2.05) is 47.8 Å². The van der Waals surface area contributed by atoms with E-state index in [0.717, 1.165) is 16.9 Å². The van der Waals surface area contributed by atoms with E-state index in [4.69, 9.17) is 12.2 Å². The van der Waals surface area contributed by atoms with Gasteiger partial charge in [-0.15, -0.1) is 11.3 Å². The first kappa shape index (κ1) is 18.5. The monoisotopic (exact) mass is 386 g/mol. The number of hydrogen-bond acceptors (Lipinski definition) is 4. The van der Waals surface area contributed by atoms with E-state index < -0.39 is 0 Å². The SMILES string of the molecule is CC(C)CC(NC(=O)Cn1c(-c2cccs2)n[nH]c1=S)c1ccccc1. The van der Waals surface area contributed by atoms with Gasteiger partial charge in [-0.2, -0.15) is 5.10 Å². The van der Waals surface area contributed by atoms with E-state index in [2.05, 4.69) is 29.4 Å². The minimum absolute atomic E-state index is 0.0186. The van der Waals surface area contributed by atoms with E-state index in [9.17, 15) is 4.79 Å². The number of H-pyrrole nitrogens is 1. The maximum atomic E-state index is 12.7. The Morgan fingerprint density at radius 3 is 2.69 bits per heavy atom. The van der Waals surface area contributed by atoms with Gasteiger partial charge < -0.3 is 5.32 Å². The second-order valence-electron chi connectivity index (χ2n) is 6.58. The number of hydrogen-bond donors (Lipinski definition) is 2. The van der Waals surface area contributed by atoms with Gasteiger partial charge in [-0.25, -0.2) is 0 Å². The summed E-state index contributed by atoms with van der Waals surface area (Å²) in [7, 11) is 0. The molecule has 26 heavy (non-hydrogen) atoms. The van der Waals surface area contributed by atoms with Crippen LogP contribution in [0.1, 0.15) is 31.9 Å². The van der Waals surface area contributed by atoms with Crippen molar-refractivity contribution >= 4 is 29.5 Å². The number of amides is 1. The highest BCUT2D eigenvalue weighted by Crippen LogP contribution is 2.24. The molecule has 0 saturated carbocycles. The summed E-state index contributed by atoms with van der Waals surface area (Å²) < 4.78 is 2.19. The molecule has 1 atom stereocenters. The Labute approximate surface area is 162 Å². The molecule has 136 valence electrons. The van der Waals surface area contributed by atoms with Crippen molar-refractivity contribution in [3.63, 3.8) is 0 Å². The molecule has 2 heterocycles. The second kappa shape index (κ2) is 8.42. The molecular weight excluding hydrogens is 364 g/mol. The van der Waals surface area contributed by atoms with Gasteiger partial charge >= 0.3 is 0 Å². The quantitative estimate of drug-likeness (QED) is 0.585. The van der Waals surface area contributed by atoms with Crippen molar-refractivity contribution in [2.75, 3.05) is 0 Å². The van der Waals surface area contributed by atoms with E-state index in [1.54, 1.807) is 15.9 Å². The third-order valence-electron chi connectivity index (χ3n) is 4.05. The average Bonchev–Trinajstić information content (AvgIpc) is 3.25. The van der Waals surface area contributed by atoms with Crippen molar-refractivity contribution < 1.29 is 4.79 Å². The number of carbonyl (C=O) groups is 1. The lowest BCUT2D eigenvalue weighted by molar-refractivity contribution is -0.122. The largest absolute Gasteiger partial charge is 0.348 e. The molecule has 3 rings (SSSR count). The molecule has 2 N–H and O–H groups in total. The first-order valence-corrected chi connectivity index (χ1v) is 9.86. The number of aromatic amines is 1. The number of thiophene rings is 1. The van der Waals surface area contributed by atoms with Gasteiger partial charge in [0.05, 0.1) is 10.9 Å². The standard InChI is InChI=1S/C19H22N4OS2/c1-13(2)11-15(14-7-4-3-5-8-14)20-17(24)12-23-18(21-22-19(23)25)16-9-6-10-26-16/h3-10,13,15H,11-12H2,1-2H3,(H,20,24)(H,22,25). The molecule has 1 aromatic carbocycles. The Morgan fingerprint density at radius 2 is 2.04 bits per heavy atom. The number of benzene rings is 1. The van der Waals surface area contributed by atoms with Crippen LogP contribution in [0.4, 0.5) is 0 Å². The van der Waals surface area contributed by atoms with Crippen LogP contribution < -0.4 is 5.32 Å². The van der Waals surface area contributed by atoms with Gasteiger partial charge in [0.25, 0.3) is 0 Å². The summed E-state index contributed by atoms with van der Waals surface area (Å²) in [5.41, 5.74) is 1.11. The Bertz CT molecular complexity index is 897. The molecule has 1 amide bonds. The fourth-order valence-electron chi connectivity index (χ4n) is 2.88. The maximum absolute atomic E-state index is 12.7. The molecule has 0 saturated heterocycles. The lowest BCUT2D eigenvalue weighted by Gasteiger charge is -2.21. The maximum Gasteiger partial charge on any atom is 0.240 e. The van der Waals surface area contributed by atoms with Crippen molar-refractivity contribution in [3.8, 4) is 10.7 Å². The summed E-state index contributed by atoms with van der Waals surface area (Å²) in [6, 6.07) is 14.0. The Morgan fingerprint density at radius 1 is 1.27 bits per heavy atom. The molecule has 0 aliphatic heterocycles. The van der Waals surface area contributed by atoms with Gasteiger partial charge in [0.2, 0.25) is 5.91 Å². The molecule has 0 bridgehead atoms. The zero-order chi connectivity index (χ0) is 18.5. The lowest BCUT2D eigenvalue weighted by Crippen LogP contribution is -2.32. The van der Waals surface area contributed by atoms with E-state index in [0.29, 0.717) is 16.5 Å². The van der Waals surface area contributed by atoms with Crippen molar-refractivity contribution in [2.45, 2.75) is 32.9 Å². The third-order valence-corrected chi connectivity index (χ3v) is 5.22. The smallest absolute Gasteiger partial charge is 0.240 e. The lowest BCUT2D eigenvalue weighted by atomic mass is 9.97. The summed E-state index contributed by atoms with van der Waals surface area (Å²) in [5, 5.41) is 12.2. The topological polar surface area (TPSA) is 62.7 Å². The molecule has 0 aliphatic carbocycles. The van der Waals surface area contributed by atoms with Crippen LogP contribution in [0.3, 0.4) is 0 Å². The fourth-order valence-corrected chi connectivity index (χ4v) is 3.80. The molecule has 0 aliphatic rings. The molecule has 0 spiro atoms. The van der Waals surface area contributed by atoms with Crippen molar-refractivity contribution in [1.29, 1.82) is 0 Å². The molecule has 1 unspecified atom stereocenters. The Hall–Kier alpha value is -2.25. The highest BCUT2D eigenvalue weighted by molar-refractivity contribution is 7.71. The van der Waals surface area contributed by atoms with E-state index in [1.165, 1.54) is 0 Å². The predicted octanol–water partition coefficient (Wildman–Crippen LogP) is 4.57. The molecular formula is C19H22N4OS2. The van der Waals surface area contributed by atoms with Gasteiger partial charge in [-0.3, -0.25) is 14.5 Å². The summed E-state index contributed by atoms with van der Waals surface area (Å²) in [6.07, 6.45) is 0.879. The summed E-state index contributed by atoms with van der Waals surface area (Å²) >= 11 is 6.88. The zero-order valence-electron chi connectivity index (χ0n) is 14.8. The minimum Gasteiger partial charge on any atom is -0.348 e. The van der Waals surface area contributed by atoms with Gasteiger partial charge in [-0.1, -0.05) is 50.2 Å². The van der Waals surface area contributed by atoms with Crippen LogP contribution in [0.5, 0.6) is 0 Å². The molecule has 0 fully saturated rings. The predicted molar refractivity (Wildman–Crippen MR) is 108 cm³/mol. The first-order valence-electron chi connectivity index (χ1n) is 8.58. The van der Waals surface area contributed by atoms with Crippen LogP contribution in [0.15, 0.2) is 47.8 Å². The van der Waals surface area contributed by atoms with Crippen molar-refractivity contribution in [2.24, 2.45) is 5.92 Å². The first-order chi connectivity index (χ1) is 12.5. The number of nitrogens with zero attached hydrogens (tertiary/aromatic N) is 2.